The van der Waals surface area contributed by atoms with Crippen molar-refractivity contribution < 1.29 is 9.53 Å². The van der Waals surface area contributed by atoms with E-state index in [0.29, 0.717) is 5.92 Å². The second-order valence-electron chi connectivity index (χ2n) is 8.28. The van der Waals surface area contributed by atoms with Crippen molar-refractivity contribution in [2.24, 2.45) is 11.8 Å². The molecular weight excluding hydrogens is 434 g/mol. The highest BCUT2D eigenvalue weighted by molar-refractivity contribution is 8.03. The van der Waals surface area contributed by atoms with Crippen molar-refractivity contribution in [3.8, 4) is 0 Å². The first-order valence-corrected chi connectivity index (χ1v) is 12.6. The minimum Gasteiger partial charge on any atom is -0.469 e. The van der Waals surface area contributed by atoms with Crippen molar-refractivity contribution in [3.05, 3.63) is 88.3 Å². The number of benzene rings is 2. The summed E-state index contributed by atoms with van der Waals surface area (Å²) in [6, 6.07) is 16.8. The number of rotatable bonds is 6. The molecule has 5 heteroatoms. The molecule has 1 aliphatic carbocycles. The van der Waals surface area contributed by atoms with Gasteiger partial charge in [-0.05, 0) is 80.0 Å². The molecular formula is C27H29NO2S2. The number of para-hydroxylation sites is 1. The van der Waals surface area contributed by atoms with Crippen molar-refractivity contribution >= 4 is 35.2 Å². The molecule has 0 aromatic heterocycles. The van der Waals surface area contributed by atoms with Crippen LogP contribution < -0.4 is 5.32 Å². The van der Waals surface area contributed by atoms with E-state index in [1.165, 1.54) is 28.0 Å². The molecule has 2 aromatic rings. The third-order valence-corrected chi connectivity index (χ3v) is 8.13. The van der Waals surface area contributed by atoms with Crippen LogP contribution in [-0.2, 0) is 9.53 Å². The zero-order chi connectivity index (χ0) is 22.5. The van der Waals surface area contributed by atoms with Crippen LogP contribution in [0, 0.1) is 18.8 Å². The lowest BCUT2D eigenvalue weighted by atomic mass is 9.78. The first-order chi connectivity index (χ1) is 15.5. The molecule has 1 heterocycles. The number of ether oxygens (including phenoxy) is 1. The number of anilines is 1. The number of carbonyl (C=O) groups excluding carboxylic acids is 1. The number of nitrogens with one attached hydrogen (secondary N) is 1. The highest BCUT2D eigenvalue weighted by atomic mass is 32.2. The Balaban J connectivity index is 1.55. The van der Waals surface area contributed by atoms with E-state index in [2.05, 4.69) is 79.5 Å². The highest BCUT2D eigenvalue weighted by Crippen LogP contribution is 2.43. The van der Waals surface area contributed by atoms with Crippen LogP contribution in [0.25, 0.3) is 0 Å². The van der Waals surface area contributed by atoms with Crippen LogP contribution in [0.5, 0.6) is 0 Å². The van der Waals surface area contributed by atoms with Crippen molar-refractivity contribution in [2.75, 3.05) is 12.4 Å². The Hall–Kier alpha value is -2.37. The average molecular weight is 464 g/mol. The molecule has 0 bridgehead atoms. The molecule has 0 saturated heterocycles. The Morgan fingerprint density at radius 3 is 2.50 bits per heavy atom. The summed E-state index contributed by atoms with van der Waals surface area (Å²) in [7, 11) is 1.48. The van der Waals surface area contributed by atoms with Gasteiger partial charge in [0.2, 0.25) is 0 Å². The molecule has 0 unspecified atom stereocenters. The third kappa shape index (κ3) is 5.51. The number of thioether (sulfide) groups is 2. The Morgan fingerprint density at radius 2 is 1.78 bits per heavy atom. The van der Waals surface area contributed by atoms with Crippen LogP contribution in [0.15, 0.2) is 92.6 Å². The van der Waals surface area contributed by atoms with E-state index >= 15 is 0 Å². The lowest BCUT2D eigenvalue weighted by Crippen LogP contribution is -2.23. The summed E-state index contributed by atoms with van der Waals surface area (Å²) in [5, 5.41) is 4.68. The van der Waals surface area contributed by atoms with Crippen LogP contribution in [0.4, 0.5) is 5.69 Å². The van der Waals surface area contributed by atoms with E-state index in [1.54, 1.807) is 23.5 Å². The van der Waals surface area contributed by atoms with Crippen LogP contribution in [0.2, 0.25) is 0 Å². The average Bonchev–Trinajstić information content (AvgIpc) is 3.22. The molecule has 3 nitrogen and oxygen atoms in total. The standard InChI is InChI=1S/C27H29NO2S2/c1-18-8-4-6-10-24(18)31-19(2)16-22(20-12-14-21(15-13-20)27(29)30-3)17-26-28-23-9-5-7-11-25(23)32-26/h4-11,16-17,20-21,28H,2,12-15H2,1,3H3/b22-16-,26-17+. The number of methoxy groups -OCH3 is 1. The summed E-state index contributed by atoms with van der Waals surface area (Å²) in [6.45, 7) is 6.48. The normalized spacial score (nSPS) is 21.7. The van der Waals surface area contributed by atoms with Gasteiger partial charge in [-0.2, -0.15) is 0 Å². The number of hydrogen-bond donors (Lipinski definition) is 1. The van der Waals surface area contributed by atoms with Crippen molar-refractivity contribution in [3.63, 3.8) is 0 Å². The number of aryl methyl sites for hydroxylation is 1. The van der Waals surface area contributed by atoms with Crippen molar-refractivity contribution in [2.45, 2.75) is 42.4 Å². The summed E-state index contributed by atoms with van der Waals surface area (Å²) in [5.41, 5.74) is 3.70. The van der Waals surface area contributed by atoms with E-state index in [9.17, 15) is 4.79 Å². The number of esters is 1. The van der Waals surface area contributed by atoms with Gasteiger partial charge in [0, 0.05) is 14.7 Å². The summed E-state index contributed by atoms with van der Waals surface area (Å²) >= 11 is 3.49. The zero-order valence-corrected chi connectivity index (χ0v) is 20.2. The Labute approximate surface area is 199 Å². The van der Waals surface area contributed by atoms with E-state index in [1.807, 2.05) is 0 Å². The second kappa shape index (κ2) is 10.5. The second-order valence-corrected chi connectivity index (χ2v) is 10.5. The van der Waals surface area contributed by atoms with Gasteiger partial charge in [-0.25, -0.2) is 0 Å². The minimum absolute atomic E-state index is 0.0259. The number of hydrogen-bond acceptors (Lipinski definition) is 5. The number of fused-ring (bicyclic) bond motifs is 1. The van der Waals surface area contributed by atoms with Gasteiger partial charge in [0.25, 0.3) is 0 Å². The Bertz CT molecular complexity index is 1040. The molecule has 2 aliphatic rings. The molecule has 1 fully saturated rings. The quantitative estimate of drug-likeness (QED) is 0.272. The van der Waals surface area contributed by atoms with E-state index in [-0.39, 0.29) is 11.9 Å². The molecule has 4 rings (SSSR count). The molecule has 166 valence electrons. The highest BCUT2D eigenvalue weighted by Gasteiger charge is 2.29. The minimum atomic E-state index is -0.0738. The fraction of sp³-hybridized carbons (Fsp3) is 0.296. The Kier molecular flexibility index (Phi) is 7.48. The summed E-state index contributed by atoms with van der Waals surface area (Å²) < 4.78 is 4.97. The first-order valence-electron chi connectivity index (χ1n) is 11.0. The van der Waals surface area contributed by atoms with Gasteiger partial charge in [-0.1, -0.05) is 60.4 Å². The van der Waals surface area contributed by atoms with Crippen LogP contribution in [-0.4, -0.2) is 13.1 Å². The Morgan fingerprint density at radius 1 is 1.09 bits per heavy atom. The zero-order valence-electron chi connectivity index (χ0n) is 18.6. The fourth-order valence-corrected chi connectivity index (χ4v) is 6.11. The van der Waals surface area contributed by atoms with Gasteiger partial charge in [0.05, 0.1) is 23.7 Å². The first kappa shape index (κ1) is 22.8. The van der Waals surface area contributed by atoms with Crippen molar-refractivity contribution in [1.29, 1.82) is 0 Å². The largest absolute Gasteiger partial charge is 0.469 e. The predicted molar refractivity (Wildman–Crippen MR) is 136 cm³/mol. The lowest BCUT2D eigenvalue weighted by Gasteiger charge is -2.28. The molecule has 0 amide bonds. The van der Waals surface area contributed by atoms with Gasteiger partial charge in [0.15, 0.2) is 0 Å². The summed E-state index contributed by atoms with van der Waals surface area (Å²) in [6.07, 6.45) is 8.21. The van der Waals surface area contributed by atoms with Gasteiger partial charge in [-0.15, -0.1) is 0 Å². The molecule has 32 heavy (non-hydrogen) atoms. The maximum atomic E-state index is 12.0. The van der Waals surface area contributed by atoms with Gasteiger partial charge in [0.1, 0.15) is 0 Å². The van der Waals surface area contributed by atoms with Crippen LogP contribution in [0.1, 0.15) is 31.2 Å². The van der Waals surface area contributed by atoms with E-state index < -0.39 is 0 Å². The molecule has 2 aromatic carbocycles. The summed E-state index contributed by atoms with van der Waals surface area (Å²) in [4.78, 5) is 15.5. The smallest absolute Gasteiger partial charge is 0.308 e. The molecule has 1 N–H and O–H groups in total. The summed E-state index contributed by atoms with van der Waals surface area (Å²) in [5.74, 6) is 0.358. The topological polar surface area (TPSA) is 38.3 Å². The molecule has 1 aliphatic heterocycles. The van der Waals surface area contributed by atoms with Crippen LogP contribution in [0.3, 0.4) is 0 Å². The molecule has 1 saturated carbocycles. The van der Waals surface area contributed by atoms with Gasteiger partial charge >= 0.3 is 5.97 Å². The lowest BCUT2D eigenvalue weighted by molar-refractivity contribution is -0.146. The van der Waals surface area contributed by atoms with Gasteiger partial charge in [-0.3, -0.25) is 4.79 Å². The number of carbonyl (C=O) groups is 1. The van der Waals surface area contributed by atoms with Gasteiger partial charge < -0.3 is 10.1 Å². The van der Waals surface area contributed by atoms with Crippen molar-refractivity contribution in [1.82, 2.24) is 0 Å². The molecule has 0 radical (unpaired) electrons. The van der Waals surface area contributed by atoms with E-state index in [0.717, 1.165) is 41.3 Å². The number of allylic oxidation sites excluding steroid dienone is 3. The monoisotopic (exact) mass is 463 g/mol. The SMILES string of the molecule is C=C(/C=C(/C=C1\Nc2ccccc2S1)C1CCC(C(=O)OC)CC1)Sc1ccccc1C. The predicted octanol–water partition coefficient (Wildman–Crippen LogP) is 7.57. The maximum Gasteiger partial charge on any atom is 0.308 e. The fourth-order valence-electron chi connectivity index (χ4n) is 4.29. The molecule has 0 spiro atoms. The molecule has 0 atom stereocenters. The van der Waals surface area contributed by atoms with Crippen LogP contribution >= 0.6 is 23.5 Å². The maximum absolute atomic E-state index is 12.0. The van der Waals surface area contributed by atoms with E-state index in [4.69, 9.17) is 4.74 Å². The third-order valence-electron chi connectivity index (χ3n) is 6.06.